The van der Waals surface area contributed by atoms with Crippen LogP contribution in [0.2, 0.25) is 0 Å². The summed E-state index contributed by atoms with van der Waals surface area (Å²) in [5.74, 6) is 0. The molecular formula is C12H14O. The van der Waals surface area contributed by atoms with Crippen molar-refractivity contribution < 1.29 is 4.74 Å². The van der Waals surface area contributed by atoms with Gasteiger partial charge in [-0.2, -0.15) is 0 Å². The Hall–Kier alpha value is -0.820. The van der Waals surface area contributed by atoms with Gasteiger partial charge in [0.15, 0.2) is 0 Å². The molecule has 0 spiro atoms. The van der Waals surface area contributed by atoms with Crippen molar-refractivity contribution in [2.45, 2.75) is 37.4 Å². The number of benzene rings is 1. The molecule has 2 unspecified atom stereocenters. The van der Waals surface area contributed by atoms with Gasteiger partial charge < -0.3 is 4.74 Å². The van der Waals surface area contributed by atoms with Gasteiger partial charge in [-0.15, -0.1) is 0 Å². The third-order valence-electron chi connectivity index (χ3n) is 3.32. The van der Waals surface area contributed by atoms with Crippen LogP contribution in [0, 0.1) is 0 Å². The normalized spacial score (nSPS) is 35.8. The molecule has 1 nitrogen and oxygen atoms in total. The van der Waals surface area contributed by atoms with E-state index in [1.54, 1.807) is 0 Å². The molecule has 2 aliphatic rings. The van der Waals surface area contributed by atoms with Crippen LogP contribution >= 0.6 is 0 Å². The maximum absolute atomic E-state index is 5.74. The van der Waals surface area contributed by atoms with Crippen molar-refractivity contribution in [3.63, 3.8) is 0 Å². The average Bonchev–Trinajstić information content (AvgIpc) is 2.69. The molecule has 1 aromatic carbocycles. The lowest BCUT2D eigenvalue weighted by atomic mass is 9.97. The van der Waals surface area contributed by atoms with E-state index in [9.17, 15) is 0 Å². The van der Waals surface area contributed by atoms with Crippen molar-refractivity contribution >= 4 is 0 Å². The highest BCUT2D eigenvalue weighted by molar-refractivity contribution is 5.22. The minimum Gasteiger partial charge on any atom is -0.366 e. The zero-order valence-electron chi connectivity index (χ0n) is 7.70. The third-order valence-corrected chi connectivity index (χ3v) is 3.32. The van der Waals surface area contributed by atoms with Gasteiger partial charge in [0.1, 0.15) is 0 Å². The van der Waals surface area contributed by atoms with Crippen LogP contribution in [0.25, 0.3) is 0 Å². The highest BCUT2D eigenvalue weighted by atomic mass is 16.6. The van der Waals surface area contributed by atoms with Crippen molar-refractivity contribution in [3.05, 3.63) is 35.9 Å². The molecule has 1 saturated carbocycles. The van der Waals surface area contributed by atoms with Gasteiger partial charge in [-0.3, -0.25) is 0 Å². The standard InChI is InChI=1S/C12H14O/c1-2-5-10(6-3-1)9-12-8-4-7-11(12)13-12/h1-3,5-6,11H,4,7-9H2. The predicted octanol–water partition coefficient (Wildman–Crippen LogP) is 2.55. The molecule has 1 heteroatoms. The maximum Gasteiger partial charge on any atom is 0.0988 e. The van der Waals surface area contributed by atoms with Crippen LogP contribution in [-0.2, 0) is 11.2 Å². The average molecular weight is 174 g/mol. The molecule has 0 radical (unpaired) electrons. The molecule has 2 atom stereocenters. The largest absolute Gasteiger partial charge is 0.366 e. The Balaban J connectivity index is 1.77. The first-order chi connectivity index (χ1) is 6.39. The topological polar surface area (TPSA) is 12.5 Å². The van der Waals surface area contributed by atoms with E-state index < -0.39 is 0 Å². The SMILES string of the molecule is c1ccc(CC23CCCC2O3)cc1. The third kappa shape index (κ3) is 1.19. The Morgan fingerprint density at radius 1 is 1.31 bits per heavy atom. The van der Waals surface area contributed by atoms with Crippen molar-refractivity contribution in [2.24, 2.45) is 0 Å². The first-order valence-electron chi connectivity index (χ1n) is 5.11. The van der Waals surface area contributed by atoms with Gasteiger partial charge in [0.05, 0.1) is 11.7 Å². The summed E-state index contributed by atoms with van der Waals surface area (Å²) in [6, 6.07) is 10.7. The highest BCUT2D eigenvalue weighted by Crippen LogP contribution is 2.51. The zero-order chi connectivity index (χ0) is 8.73. The van der Waals surface area contributed by atoms with Crippen molar-refractivity contribution in [2.75, 3.05) is 0 Å². The summed E-state index contributed by atoms with van der Waals surface area (Å²) in [5, 5.41) is 0. The monoisotopic (exact) mass is 174 g/mol. The van der Waals surface area contributed by atoms with Crippen LogP contribution in [0.5, 0.6) is 0 Å². The molecule has 1 saturated heterocycles. The van der Waals surface area contributed by atoms with Gasteiger partial charge in [-0.05, 0) is 24.8 Å². The summed E-state index contributed by atoms with van der Waals surface area (Å²) < 4.78 is 5.74. The Kier molecular flexibility index (Phi) is 1.50. The molecular weight excluding hydrogens is 160 g/mol. The van der Waals surface area contributed by atoms with Crippen LogP contribution < -0.4 is 0 Å². The Bertz CT molecular complexity index is 306. The number of hydrogen-bond acceptors (Lipinski definition) is 1. The van der Waals surface area contributed by atoms with E-state index >= 15 is 0 Å². The number of hydrogen-bond donors (Lipinski definition) is 0. The lowest BCUT2D eigenvalue weighted by Gasteiger charge is -2.07. The molecule has 1 heterocycles. The fourth-order valence-corrected chi connectivity index (χ4v) is 2.56. The molecule has 13 heavy (non-hydrogen) atoms. The van der Waals surface area contributed by atoms with E-state index in [4.69, 9.17) is 4.74 Å². The molecule has 0 amide bonds. The molecule has 1 aliphatic carbocycles. The second-order valence-corrected chi connectivity index (χ2v) is 4.23. The molecule has 0 N–H and O–H groups in total. The van der Waals surface area contributed by atoms with Crippen molar-refractivity contribution in [1.29, 1.82) is 0 Å². The molecule has 1 aromatic rings. The van der Waals surface area contributed by atoms with Gasteiger partial charge in [-0.25, -0.2) is 0 Å². The number of fused-ring (bicyclic) bond motifs is 1. The van der Waals surface area contributed by atoms with Gasteiger partial charge >= 0.3 is 0 Å². The van der Waals surface area contributed by atoms with Crippen LogP contribution in [-0.4, -0.2) is 11.7 Å². The highest BCUT2D eigenvalue weighted by Gasteiger charge is 2.58. The van der Waals surface area contributed by atoms with Gasteiger partial charge in [0.2, 0.25) is 0 Å². The first kappa shape index (κ1) is 7.57. The van der Waals surface area contributed by atoms with E-state index in [1.807, 2.05) is 0 Å². The molecule has 0 bridgehead atoms. The lowest BCUT2D eigenvalue weighted by Crippen LogP contribution is -2.13. The minimum absolute atomic E-state index is 0.265. The van der Waals surface area contributed by atoms with Crippen molar-refractivity contribution in [3.8, 4) is 0 Å². The van der Waals surface area contributed by atoms with Gasteiger partial charge in [0, 0.05) is 6.42 Å². The van der Waals surface area contributed by atoms with Gasteiger partial charge in [-0.1, -0.05) is 30.3 Å². The Labute approximate surface area is 78.7 Å². The van der Waals surface area contributed by atoms with E-state index in [-0.39, 0.29) is 5.60 Å². The molecule has 68 valence electrons. The summed E-state index contributed by atoms with van der Waals surface area (Å²) in [6.07, 6.45) is 5.63. The number of rotatable bonds is 2. The molecule has 2 fully saturated rings. The van der Waals surface area contributed by atoms with E-state index in [1.165, 1.54) is 24.8 Å². The summed E-state index contributed by atoms with van der Waals surface area (Å²) in [5.41, 5.74) is 1.69. The van der Waals surface area contributed by atoms with Crippen molar-refractivity contribution in [1.82, 2.24) is 0 Å². The van der Waals surface area contributed by atoms with Crippen LogP contribution in [0.4, 0.5) is 0 Å². The second kappa shape index (κ2) is 2.58. The zero-order valence-corrected chi connectivity index (χ0v) is 7.70. The molecule has 3 rings (SSSR count). The summed E-state index contributed by atoms with van der Waals surface area (Å²) in [6.45, 7) is 0. The first-order valence-corrected chi connectivity index (χ1v) is 5.11. The number of ether oxygens (including phenoxy) is 1. The minimum atomic E-state index is 0.265. The Morgan fingerprint density at radius 2 is 2.15 bits per heavy atom. The van der Waals surface area contributed by atoms with Crippen LogP contribution in [0.1, 0.15) is 24.8 Å². The second-order valence-electron chi connectivity index (χ2n) is 4.23. The maximum atomic E-state index is 5.74. The smallest absolute Gasteiger partial charge is 0.0988 e. The Morgan fingerprint density at radius 3 is 2.77 bits per heavy atom. The molecule has 0 aromatic heterocycles. The lowest BCUT2D eigenvalue weighted by molar-refractivity contribution is 0.250. The summed E-state index contributed by atoms with van der Waals surface area (Å²) in [4.78, 5) is 0. The summed E-state index contributed by atoms with van der Waals surface area (Å²) in [7, 11) is 0. The molecule has 1 aliphatic heterocycles. The van der Waals surface area contributed by atoms with E-state index in [2.05, 4.69) is 30.3 Å². The number of epoxide rings is 1. The van der Waals surface area contributed by atoms with Gasteiger partial charge in [0.25, 0.3) is 0 Å². The fraction of sp³-hybridized carbons (Fsp3) is 0.500. The van der Waals surface area contributed by atoms with E-state index in [0.29, 0.717) is 6.10 Å². The predicted molar refractivity (Wildman–Crippen MR) is 51.6 cm³/mol. The fourth-order valence-electron chi connectivity index (χ4n) is 2.56. The summed E-state index contributed by atoms with van der Waals surface area (Å²) >= 11 is 0. The van der Waals surface area contributed by atoms with E-state index in [0.717, 1.165) is 6.42 Å². The van der Waals surface area contributed by atoms with Crippen LogP contribution in [0.15, 0.2) is 30.3 Å². The quantitative estimate of drug-likeness (QED) is 0.628. The van der Waals surface area contributed by atoms with Crippen LogP contribution in [0.3, 0.4) is 0 Å².